The molecule has 0 radical (unpaired) electrons. The normalized spacial score (nSPS) is 11.9. The number of aromatic nitrogens is 1. The molecule has 1 atom stereocenters. The van der Waals surface area contributed by atoms with Crippen molar-refractivity contribution in [2.75, 3.05) is 25.6 Å². The zero-order valence-electron chi connectivity index (χ0n) is 13.9. The molecule has 0 aliphatic rings. The second kappa shape index (κ2) is 9.24. The van der Waals surface area contributed by atoms with Crippen molar-refractivity contribution in [2.24, 2.45) is 0 Å². The third kappa shape index (κ3) is 4.94. The van der Waals surface area contributed by atoms with E-state index in [-0.39, 0.29) is 6.61 Å². The molecule has 0 fully saturated rings. The van der Waals surface area contributed by atoms with Crippen LogP contribution in [0.2, 0.25) is 0 Å². The van der Waals surface area contributed by atoms with Gasteiger partial charge in [0.2, 0.25) is 0 Å². The zero-order chi connectivity index (χ0) is 17.4. The number of benzene rings is 1. The fourth-order valence-electron chi connectivity index (χ4n) is 2.08. The van der Waals surface area contributed by atoms with Crippen molar-refractivity contribution in [3.8, 4) is 17.0 Å². The second-order valence-electron chi connectivity index (χ2n) is 4.95. The smallest absolute Gasteiger partial charge is 0.347 e. The number of para-hydroxylation sites is 1. The van der Waals surface area contributed by atoms with Gasteiger partial charge in [-0.05, 0) is 25.5 Å². The molecule has 1 aromatic heterocycles. The van der Waals surface area contributed by atoms with E-state index in [0.717, 1.165) is 11.3 Å². The predicted molar refractivity (Wildman–Crippen MR) is 94.1 cm³/mol. The van der Waals surface area contributed by atoms with Crippen LogP contribution in [-0.4, -0.2) is 36.9 Å². The average Bonchev–Trinajstić information content (AvgIpc) is 3.03. The van der Waals surface area contributed by atoms with Gasteiger partial charge in [0.05, 0.1) is 12.3 Å². The highest BCUT2D eigenvalue weighted by Gasteiger charge is 2.22. The summed E-state index contributed by atoms with van der Waals surface area (Å²) in [4.78, 5) is 16.4. The Labute approximate surface area is 145 Å². The number of nitrogens with two attached hydrogens (primary N) is 1. The fraction of sp³-hybridized carbons (Fsp3) is 0.412. The molecule has 7 heteroatoms. The molecule has 0 saturated heterocycles. The van der Waals surface area contributed by atoms with Crippen molar-refractivity contribution in [3.05, 3.63) is 29.6 Å². The van der Waals surface area contributed by atoms with Crippen LogP contribution in [0.15, 0.2) is 29.6 Å². The largest absolute Gasteiger partial charge is 0.478 e. The number of nitrogens with zero attached hydrogens (tertiary/aromatic N) is 1. The van der Waals surface area contributed by atoms with Gasteiger partial charge in [0.1, 0.15) is 12.4 Å². The highest BCUT2D eigenvalue weighted by Crippen LogP contribution is 2.32. The van der Waals surface area contributed by atoms with Gasteiger partial charge < -0.3 is 19.9 Å². The van der Waals surface area contributed by atoms with Crippen LogP contribution in [0.3, 0.4) is 0 Å². The van der Waals surface area contributed by atoms with Gasteiger partial charge in [-0.1, -0.05) is 19.1 Å². The summed E-state index contributed by atoms with van der Waals surface area (Å²) in [5.74, 6) is 0.182. The Balaban J connectivity index is 2.07. The van der Waals surface area contributed by atoms with E-state index >= 15 is 0 Å². The molecular formula is C17H22N2O4S. The summed E-state index contributed by atoms with van der Waals surface area (Å²) in [6.07, 6.45) is -0.176. The van der Waals surface area contributed by atoms with Crippen molar-refractivity contribution in [1.29, 1.82) is 0 Å². The highest BCUT2D eigenvalue weighted by atomic mass is 32.1. The molecule has 0 aliphatic carbocycles. The lowest BCUT2D eigenvalue weighted by molar-refractivity contribution is -0.153. The topological polar surface area (TPSA) is 83.7 Å². The first-order chi connectivity index (χ1) is 11.7. The minimum absolute atomic E-state index is 0.219. The van der Waals surface area contributed by atoms with Crippen molar-refractivity contribution >= 4 is 22.4 Å². The number of carbonyl (C=O) groups excluding carboxylic acids is 1. The zero-order valence-corrected chi connectivity index (χ0v) is 14.7. The van der Waals surface area contributed by atoms with Crippen LogP contribution in [0.25, 0.3) is 11.3 Å². The molecule has 0 amide bonds. The first-order valence-electron chi connectivity index (χ1n) is 7.87. The Morgan fingerprint density at radius 2 is 2.08 bits per heavy atom. The van der Waals surface area contributed by atoms with Crippen molar-refractivity contribution in [3.63, 3.8) is 0 Å². The van der Waals surface area contributed by atoms with E-state index in [1.807, 2.05) is 37.4 Å². The average molecular weight is 350 g/mol. The lowest BCUT2D eigenvalue weighted by Gasteiger charge is -2.18. The molecule has 2 N–H and O–H groups in total. The quantitative estimate of drug-likeness (QED) is 0.552. The molecule has 1 unspecified atom stereocenters. The summed E-state index contributed by atoms with van der Waals surface area (Å²) in [6, 6.07) is 7.43. The molecule has 0 aliphatic heterocycles. The van der Waals surface area contributed by atoms with Gasteiger partial charge in [0.25, 0.3) is 0 Å². The predicted octanol–water partition coefficient (Wildman–Crippen LogP) is 3.13. The first-order valence-corrected chi connectivity index (χ1v) is 8.75. The summed E-state index contributed by atoms with van der Waals surface area (Å²) in [5, 5.41) is 2.35. The molecule has 1 heterocycles. The summed E-state index contributed by atoms with van der Waals surface area (Å²) in [6.45, 7) is 4.96. The Bertz CT molecular complexity index is 660. The molecule has 0 spiro atoms. The summed E-state index contributed by atoms with van der Waals surface area (Å²) >= 11 is 1.36. The van der Waals surface area contributed by atoms with Crippen molar-refractivity contribution in [1.82, 2.24) is 4.98 Å². The van der Waals surface area contributed by atoms with E-state index in [9.17, 15) is 4.79 Å². The van der Waals surface area contributed by atoms with Gasteiger partial charge in [-0.3, -0.25) is 0 Å². The van der Waals surface area contributed by atoms with Gasteiger partial charge in [0.15, 0.2) is 11.2 Å². The maximum atomic E-state index is 12.2. The molecule has 1 aromatic carbocycles. The summed E-state index contributed by atoms with van der Waals surface area (Å²) in [7, 11) is 0. The number of carbonyl (C=O) groups is 1. The maximum Gasteiger partial charge on any atom is 0.347 e. The van der Waals surface area contributed by atoms with E-state index in [1.54, 1.807) is 6.07 Å². The Kier molecular flexibility index (Phi) is 7.02. The monoisotopic (exact) mass is 350 g/mol. The molecule has 0 bridgehead atoms. The maximum absolute atomic E-state index is 12.2. The van der Waals surface area contributed by atoms with Gasteiger partial charge >= 0.3 is 5.97 Å². The van der Waals surface area contributed by atoms with Gasteiger partial charge in [0, 0.05) is 17.6 Å². The number of rotatable bonds is 9. The van der Waals surface area contributed by atoms with E-state index < -0.39 is 12.1 Å². The molecule has 0 saturated carbocycles. The minimum Gasteiger partial charge on any atom is -0.478 e. The Hall–Kier alpha value is -2.12. The van der Waals surface area contributed by atoms with Crippen LogP contribution >= 0.6 is 11.3 Å². The van der Waals surface area contributed by atoms with E-state index in [1.165, 1.54) is 11.3 Å². The van der Waals surface area contributed by atoms with Gasteiger partial charge in [-0.15, -0.1) is 11.3 Å². The molecule has 2 rings (SSSR count). The van der Waals surface area contributed by atoms with Crippen molar-refractivity contribution < 1.29 is 19.0 Å². The minimum atomic E-state index is -0.677. The fourth-order valence-corrected chi connectivity index (χ4v) is 2.65. The molecular weight excluding hydrogens is 328 g/mol. The number of hydrogen-bond acceptors (Lipinski definition) is 7. The van der Waals surface area contributed by atoms with Crippen LogP contribution in [0, 0.1) is 0 Å². The van der Waals surface area contributed by atoms with Crippen molar-refractivity contribution in [2.45, 2.75) is 26.4 Å². The van der Waals surface area contributed by atoms with Crippen LogP contribution in [0.5, 0.6) is 5.75 Å². The van der Waals surface area contributed by atoms with Gasteiger partial charge in [-0.2, -0.15) is 0 Å². The molecule has 6 nitrogen and oxygen atoms in total. The first kappa shape index (κ1) is 18.2. The number of ether oxygens (including phenoxy) is 3. The van der Waals surface area contributed by atoms with Crippen LogP contribution in [0.1, 0.15) is 20.3 Å². The van der Waals surface area contributed by atoms with E-state index in [0.29, 0.717) is 30.5 Å². The molecule has 2 aromatic rings. The van der Waals surface area contributed by atoms with Gasteiger partial charge in [-0.25, -0.2) is 9.78 Å². The summed E-state index contributed by atoms with van der Waals surface area (Å²) in [5.41, 5.74) is 7.23. The lowest BCUT2D eigenvalue weighted by atomic mass is 10.1. The number of hydrogen-bond donors (Lipinski definition) is 1. The Morgan fingerprint density at radius 1 is 1.29 bits per heavy atom. The van der Waals surface area contributed by atoms with E-state index in [4.69, 9.17) is 19.9 Å². The third-order valence-corrected chi connectivity index (χ3v) is 3.94. The SMILES string of the molecule is CCOCCOC(=O)C(CC)Oc1ccccc1-c1csc(N)n1. The van der Waals surface area contributed by atoms with Crippen LogP contribution in [0.4, 0.5) is 5.13 Å². The number of nitrogen functional groups attached to an aromatic ring is 1. The third-order valence-electron chi connectivity index (χ3n) is 3.26. The number of esters is 1. The molecule has 130 valence electrons. The second-order valence-corrected chi connectivity index (χ2v) is 5.84. The summed E-state index contributed by atoms with van der Waals surface area (Å²) < 4.78 is 16.2. The lowest BCUT2D eigenvalue weighted by Crippen LogP contribution is -2.29. The van der Waals surface area contributed by atoms with Crippen LogP contribution < -0.4 is 10.5 Å². The number of anilines is 1. The van der Waals surface area contributed by atoms with E-state index in [2.05, 4.69) is 4.98 Å². The number of thiazole rings is 1. The molecule has 24 heavy (non-hydrogen) atoms. The van der Waals surface area contributed by atoms with Crippen LogP contribution in [-0.2, 0) is 14.3 Å². The highest BCUT2D eigenvalue weighted by molar-refractivity contribution is 7.13. The Morgan fingerprint density at radius 3 is 2.75 bits per heavy atom. The standard InChI is InChI=1S/C17H22N2O4S/c1-3-14(16(20)22-10-9-21-4-2)23-15-8-6-5-7-12(15)13-11-24-17(18)19-13/h5-8,11,14H,3-4,9-10H2,1-2H3,(H2,18,19).